The fraction of sp³-hybridized carbons (Fsp3) is 0.300. The summed E-state index contributed by atoms with van der Waals surface area (Å²) in [6, 6.07) is -0.714. The van der Waals surface area contributed by atoms with E-state index in [-0.39, 0.29) is 29.8 Å². The molecule has 0 fully saturated rings. The van der Waals surface area contributed by atoms with E-state index in [2.05, 4.69) is 14.7 Å². The summed E-state index contributed by atoms with van der Waals surface area (Å²) in [6.07, 6.45) is 2.43. The quantitative estimate of drug-likeness (QED) is 0.735. The average Bonchev–Trinajstić information content (AvgIpc) is 3.04. The largest absolute Gasteiger partial charge is 0.464 e. The number of aliphatic hydroxyl groups excluding tert-OH is 1. The SMILES string of the molecule is COC(=O)c1coc(-c2coc([C@@H](N)CO)n2)n1. The Morgan fingerprint density at radius 3 is 2.94 bits per heavy atom. The summed E-state index contributed by atoms with van der Waals surface area (Å²) in [4.78, 5) is 19.0. The van der Waals surface area contributed by atoms with Gasteiger partial charge in [-0.2, -0.15) is 0 Å². The molecule has 0 radical (unpaired) electrons. The zero-order valence-electron chi connectivity index (χ0n) is 9.49. The fourth-order valence-corrected chi connectivity index (χ4v) is 1.22. The summed E-state index contributed by atoms with van der Waals surface area (Å²) >= 11 is 0. The molecule has 0 aliphatic heterocycles. The van der Waals surface area contributed by atoms with E-state index in [0.29, 0.717) is 0 Å². The van der Waals surface area contributed by atoms with Crippen LogP contribution in [-0.2, 0) is 4.74 Å². The van der Waals surface area contributed by atoms with E-state index in [1.54, 1.807) is 0 Å². The molecular formula is C10H11N3O5. The number of carbonyl (C=O) groups excluding carboxylic acids is 1. The number of nitrogens with two attached hydrogens (primary N) is 1. The molecule has 96 valence electrons. The molecule has 0 spiro atoms. The molecule has 8 heteroatoms. The molecule has 3 N–H and O–H groups in total. The van der Waals surface area contributed by atoms with E-state index >= 15 is 0 Å². The second kappa shape index (κ2) is 4.98. The highest BCUT2D eigenvalue weighted by Crippen LogP contribution is 2.20. The number of ether oxygens (including phenoxy) is 1. The van der Waals surface area contributed by atoms with Crippen LogP contribution in [0.3, 0.4) is 0 Å². The Kier molecular flexibility index (Phi) is 3.40. The number of esters is 1. The molecule has 0 aliphatic carbocycles. The van der Waals surface area contributed by atoms with Crippen LogP contribution in [0, 0.1) is 0 Å². The monoisotopic (exact) mass is 253 g/mol. The first-order valence-corrected chi connectivity index (χ1v) is 5.01. The van der Waals surface area contributed by atoms with Gasteiger partial charge < -0.3 is 24.4 Å². The van der Waals surface area contributed by atoms with Crippen LogP contribution in [0.25, 0.3) is 11.6 Å². The number of nitrogens with zero attached hydrogens (tertiary/aromatic N) is 2. The molecular weight excluding hydrogens is 242 g/mol. The predicted octanol–water partition coefficient (Wildman–Crippen LogP) is 0.108. The van der Waals surface area contributed by atoms with Gasteiger partial charge in [-0.1, -0.05) is 0 Å². The lowest BCUT2D eigenvalue weighted by atomic mass is 10.3. The predicted molar refractivity (Wildman–Crippen MR) is 57.4 cm³/mol. The third-order valence-electron chi connectivity index (χ3n) is 2.15. The van der Waals surface area contributed by atoms with Crippen molar-refractivity contribution in [3.63, 3.8) is 0 Å². The summed E-state index contributed by atoms with van der Waals surface area (Å²) in [6.45, 7) is -0.293. The van der Waals surface area contributed by atoms with Gasteiger partial charge in [-0.25, -0.2) is 14.8 Å². The maximum absolute atomic E-state index is 11.2. The first-order valence-electron chi connectivity index (χ1n) is 5.01. The van der Waals surface area contributed by atoms with E-state index in [1.807, 2.05) is 0 Å². The van der Waals surface area contributed by atoms with Crippen molar-refractivity contribution in [3.8, 4) is 11.6 Å². The third kappa shape index (κ3) is 2.24. The van der Waals surface area contributed by atoms with Gasteiger partial charge in [0.15, 0.2) is 11.4 Å². The van der Waals surface area contributed by atoms with Crippen LogP contribution in [0.5, 0.6) is 0 Å². The van der Waals surface area contributed by atoms with Gasteiger partial charge >= 0.3 is 5.97 Å². The molecule has 0 aromatic carbocycles. The van der Waals surface area contributed by atoms with Crippen LogP contribution in [0.2, 0.25) is 0 Å². The van der Waals surface area contributed by atoms with Crippen molar-refractivity contribution in [3.05, 3.63) is 24.1 Å². The fourth-order valence-electron chi connectivity index (χ4n) is 1.22. The molecule has 0 aliphatic rings. The van der Waals surface area contributed by atoms with Crippen molar-refractivity contribution < 1.29 is 23.5 Å². The number of oxazole rings is 2. The number of aliphatic hydroxyl groups is 1. The summed E-state index contributed by atoms with van der Waals surface area (Å²) in [5.74, 6) is -0.346. The van der Waals surface area contributed by atoms with Crippen LogP contribution < -0.4 is 5.73 Å². The Labute approximate surface area is 101 Å². The van der Waals surface area contributed by atoms with Gasteiger partial charge in [0.1, 0.15) is 18.6 Å². The second-order valence-electron chi connectivity index (χ2n) is 3.39. The molecule has 0 saturated heterocycles. The van der Waals surface area contributed by atoms with Gasteiger partial charge in [-0.05, 0) is 0 Å². The number of methoxy groups -OCH3 is 1. The molecule has 0 unspecified atom stereocenters. The van der Waals surface area contributed by atoms with E-state index in [0.717, 1.165) is 6.26 Å². The van der Waals surface area contributed by atoms with Crippen molar-refractivity contribution in [1.82, 2.24) is 9.97 Å². The molecule has 8 nitrogen and oxygen atoms in total. The Hall–Kier alpha value is -2.19. The van der Waals surface area contributed by atoms with Crippen LogP contribution in [0.15, 0.2) is 21.4 Å². The van der Waals surface area contributed by atoms with E-state index in [4.69, 9.17) is 19.7 Å². The Morgan fingerprint density at radius 2 is 2.28 bits per heavy atom. The summed E-state index contributed by atoms with van der Waals surface area (Å²) < 4.78 is 14.6. The molecule has 2 aromatic rings. The average molecular weight is 253 g/mol. The van der Waals surface area contributed by atoms with E-state index in [9.17, 15) is 4.79 Å². The zero-order valence-corrected chi connectivity index (χ0v) is 9.49. The molecule has 1 atom stereocenters. The van der Waals surface area contributed by atoms with E-state index < -0.39 is 12.0 Å². The first-order chi connectivity index (χ1) is 8.65. The number of hydrogen-bond donors (Lipinski definition) is 2. The minimum absolute atomic E-state index is 0.0310. The third-order valence-corrected chi connectivity index (χ3v) is 2.15. The summed E-state index contributed by atoms with van der Waals surface area (Å²) in [5.41, 5.74) is 5.84. The standard InChI is InChI=1S/C10H11N3O5/c1-16-10(15)7-4-18-9(13-7)6-3-17-8(12-6)5(11)2-14/h3-5,14H,2,11H2,1H3/t5-/m0/s1. The first kappa shape index (κ1) is 12.3. The number of hydrogen-bond acceptors (Lipinski definition) is 8. The van der Waals surface area contributed by atoms with Crippen LogP contribution in [0.4, 0.5) is 0 Å². The Bertz CT molecular complexity index is 547. The van der Waals surface area contributed by atoms with E-state index in [1.165, 1.54) is 13.4 Å². The molecule has 2 aromatic heterocycles. The van der Waals surface area contributed by atoms with Crippen molar-refractivity contribution in [1.29, 1.82) is 0 Å². The minimum atomic E-state index is -0.714. The minimum Gasteiger partial charge on any atom is -0.464 e. The van der Waals surface area contributed by atoms with Crippen LogP contribution >= 0.6 is 0 Å². The molecule has 18 heavy (non-hydrogen) atoms. The van der Waals surface area contributed by atoms with Gasteiger partial charge in [-0.15, -0.1) is 0 Å². The van der Waals surface area contributed by atoms with Gasteiger partial charge in [-0.3, -0.25) is 0 Å². The molecule has 2 heterocycles. The lowest BCUT2D eigenvalue weighted by molar-refractivity contribution is 0.0594. The normalized spacial score (nSPS) is 12.4. The Balaban J connectivity index is 2.24. The van der Waals surface area contributed by atoms with Crippen molar-refractivity contribution in [2.75, 3.05) is 13.7 Å². The maximum Gasteiger partial charge on any atom is 0.360 e. The van der Waals surface area contributed by atoms with Gasteiger partial charge in [0.05, 0.1) is 13.7 Å². The molecule has 0 bridgehead atoms. The number of rotatable bonds is 4. The van der Waals surface area contributed by atoms with Crippen molar-refractivity contribution in [2.45, 2.75) is 6.04 Å². The molecule has 0 saturated carbocycles. The lowest BCUT2D eigenvalue weighted by Gasteiger charge is -1.99. The zero-order chi connectivity index (χ0) is 13.1. The summed E-state index contributed by atoms with van der Waals surface area (Å²) in [5, 5.41) is 8.85. The Morgan fingerprint density at radius 1 is 1.50 bits per heavy atom. The number of aromatic nitrogens is 2. The molecule has 0 amide bonds. The number of carbonyl (C=O) groups is 1. The van der Waals surface area contributed by atoms with Gasteiger partial charge in [0.2, 0.25) is 11.8 Å². The smallest absolute Gasteiger partial charge is 0.360 e. The van der Waals surface area contributed by atoms with Crippen molar-refractivity contribution in [2.24, 2.45) is 5.73 Å². The highest BCUT2D eigenvalue weighted by atomic mass is 16.5. The maximum atomic E-state index is 11.2. The highest BCUT2D eigenvalue weighted by molar-refractivity contribution is 5.87. The highest BCUT2D eigenvalue weighted by Gasteiger charge is 2.18. The second-order valence-corrected chi connectivity index (χ2v) is 3.39. The van der Waals surface area contributed by atoms with Gasteiger partial charge in [0, 0.05) is 0 Å². The lowest BCUT2D eigenvalue weighted by Crippen LogP contribution is -2.14. The van der Waals surface area contributed by atoms with Crippen molar-refractivity contribution >= 4 is 5.97 Å². The summed E-state index contributed by atoms with van der Waals surface area (Å²) in [7, 11) is 1.24. The molecule has 2 rings (SSSR count). The van der Waals surface area contributed by atoms with Crippen LogP contribution in [0.1, 0.15) is 22.4 Å². The van der Waals surface area contributed by atoms with Crippen LogP contribution in [-0.4, -0.2) is 34.8 Å². The van der Waals surface area contributed by atoms with Gasteiger partial charge in [0.25, 0.3) is 0 Å². The topological polar surface area (TPSA) is 125 Å².